The Kier molecular flexibility index (Phi) is 8.90. The number of nitrogens with one attached hydrogen (secondary N) is 1. The first-order valence-electron chi connectivity index (χ1n) is 6.84. The van der Waals surface area contributed by atoms with Gasteiger partial charge in [-0.15, -0.1) is 24.8 Å². The van der Waals surface area contributed by atoms with E-state index >= 15 is 0 Å². The van der Waals surface area contributed by atoms with E-state index in [1.165, 1.54) is 5.56 Å². The third-order valence-corrected chi connectivity index (χ3v) is 3.77. The Bertz CT molecular complexity index is 439. The lowest BCUT2D eigenvalue weighted by Crippen LogP contribution is -2.37. The van der Waals surface area contributed by atoms with Crippen LogP contribution in [-0.4, -0.2) is 37.5 Å². The predicted octanol–water partition coefficient (Wildman–Crippen LogP) is 1.91. The number of hydrogen-bond donors (Lipinski definition) is 2. The van der Waals surface area contributed by atoms with Gasteiger partial charge in [-0.3, -0.25) is 4.79 Å². The molecule has 2 atom stereocenters. The molecule has 1 aromatic rings. The molecule has 0 aliphatic carbocycles. The van der Waals surface area contributed by atoms with E-state index < -0.39 is 6.04 Å². The second-order valence-electron chi connectivity index (χ2n) is 5.55. The van der Waals surface area contributed by atoms with Gasteiger partial charge in [-0.2, -0.15) is 0 Å². The van der Waals surface area contributed by atoms with Crippen LogP contribution >= 0.6 is 24.8 Å². The summed E-state index contributed by atoms with van der Waals surface area (Å²) in [6.07, 6.45) is 1.15. The molecular formula is C15H25Cl2N3O. The standard InChI is InChI=1S/C15H23N3O.2ClH/c1-11-3-5-13(6-4-11)14(16)15(19)17-9-12-7-8-18(2)10-12;;/h3-6,12,14H,7-10,16H2,1-2H3,(H,17,19);2*1H. The number of rotatable bonds is 4. The van der Waals surface area contributed by atoms with Crippen LogP contribution in [0.4, 0.5) is 0 Å². The van der Waals surface area contributed by atoms with Crippen LogP contribution in [0.25, 0.3) is 0 Å². The third-order valence-electron chi connectivity index (χ3n) is 3.77. The highest BCUT2D eigenvalue weighted by atomic mass is 35.5. The monoisotopic (exact) mass is 333 g/mol. The Balaban J connectivity index is 0.00000200. The summed E-state index contributed by atoms with van der Waals surface area (Å²) in [6, 6.07) is 7.23. The van der Waals surface area contributed by atoms with E-state index in [-0.39, 0.29) is 30.7 Å². The van der Waals surface area contributed by atoms with E-state index in [1.54, 1.807) is 0 Å². The van der Waals surface area contributed by atoms with E-state index in [4.69, 9.17) is 5.73 Å². The molecule has 3 N–H and O–H groups in total. The Morgan fingerprint density at radius 3 is 2.52 bits per heavy atom. The highest BCUT2D eigenvalue weighted by molar-refractivity contribution is 5.85. The van der Waals surface area contributed by atoms with Crippen molar-refractivity contribution in [1.29, 1.82) is 0 Å². The summed E-state index contributed by atoms with van der Waals surface area (Å²) < 4.78 is 0. The fourth-order valence-electron chi connectivity index (χ4n) is 2.47. The first-order chi connectivity index (χ1) is 9.06. The van der Waals surface area contributed by atoms with Gasteiger partial charge in [0, 0.05) is 13.1 Å². The van der Waals surface area contributed by atoms with Gasteiger partial charge in [0.15, 0.2) is 0 Å². The van der Waals surface area contributed by atoms with Gasteiger partial charge >= 0.3 is 0 Å². The average Bonchev–Trinajstić information content (AvgIpc) is 2.82. The number of amides is 1. The maximum absolute atomic E-state index is 12.0. The summed E-state index contributed by atoms with van der Waals surface area (Å²) in [6.45, 7) is 4.92. The number of nitrogens with two attached hydrogens (primary N) is 1. The van der Waals surface area contributed by atoms with Crippen molar-refractivity contribution in [2.75, 3.05) is 26.7 Å². The number of carbonyl (C=O) groups is 1. The maximum Gasteiger partial charge on any atom is 0.241 e. The minimum atomic E-state index is -0.570. The Morgan fingerprint density at radius 2 is 2.00 bits per heavy atom. The lowest BCUT2D eigenvalue weighted by Gasteiger charge is -2.15. The van der Waals surface area contributed by atoms with Crippen molar-refractivity contribution in [3.05, 3.63) is 35.4 Å². The summed E-state index contributed by atoms with van der Waals surface area (Å²) >= 11 is 0. The fraction of sp³-hybridized carbons (Fsp3) is 0.533. The molecule has 1 heterocycles. The van der Waals surface area contributed by atoms with E-state index in [1.807, 2.05) is 31.2 Å². The molecular weight excluding hydrogens is 309 g/mol. The molecule has 21 heavy (non-hydrogen) atoms. The molecule has 0 radical (unpaired) electrons. The Hall–Kier alpha value is -0.810. The molecule has 1 aliphatic rings. The van der Waals surface area contributed by atoms with Crippen LogP contribution in [0.1, 0.15) is 23.6 Å². The summed E-state index contributed by atoms with van der Waals surface area (Å²) in [4.78, 5) is 14.3. The molecule has 0 bridgehead atoms. The minimum Gasteiger partial charge on any atom is -0.354 e. The van der Waals surface area contributed by atoms with Crippen LogP contribution in [0, 0.1) is 12.8 Å². The molecule has 4 nitrogen and oxygen atoms in total. The van der Waals surface area contributed by atoms with Crippen molar-refractivity contribution in [1.82, 2.24) is 10.2 Å². The zero-order chi connectivity index (χ0) is 13.8. The molecule has 1 saturated heterocycles. The molecule has 0 aromatic heterocycles. The largest absolute Gasteiger partial charge is 0.354 e. The molecule has 1 fully saturated rings. The molecule has 0 spiro atoms. The van der Waals surface area contributed by atoms with Crippen LogP contribution in [0.15, 0.2) is 24.3 Å². The van der Waals surface area contributed by atoms with Crippen LogP contribution in [0.2, 0.25) is 0 Å². The van der Waals surface area contributed by atoms with Gasteiger partial charge in [0.05, 0.1) is 0 Å². The van der Waals surface area contributed by atoms with Gasteiger partial charge in [-0.25, -0.2) is 0 Å². The van der Waals surface area contributed by atoms with E-state index in [9.17, 15) is 4.79 Å². The zero-order valence-corrected chi connectivity index (χ0v) is 14.2. The molecule has 2 rings (SSSR count). The third kappa shape index (κ3) is 5.83. The highest BCUT2D eigenvalue weighted by Crippen LogP contribution is 2.14. The molecule has 1 aromatic carbocycles. The van der Waals surface area contributed by atoms with Crippen molar-refractivity contribution in [3.8, 4) is 0 Å². The van der Waals surface area contributed by atoms with Crippen molar-refractivity contribution in [2.24, 2.45) is 11.7 Å². The van der Waals surface area contributed by atoms with Gasteiger partial charge in [0.1, 0.15) is 6.04 Å². The quantitative estimate of drug-likeness (QED) is 0.884. The van der Waals surface area contributed by atoms with Gasteiger partial charge in [-0.1, -0.05) is 29.8 Å². The lowest BCUT2D eigenvalue weighted by atomic mass is 10.0. The van der Waals surface area contributed by atoms with Gasteiger partial charge in [0.2, 0.25) is 5.91 Å². The predicted molar refractivity (Wildman–Crippen MR) is 91.2 cm³/mol. The molecule has 2 unspecified atom stereocenters. The number of nitrogens with zero attached hydrogens (tertiary/aromatic N) is 1. The first kappa shape index (κ1) is 20.2. The van der Waals surface area contributed by atoms with Crippen molar-refractivity contribution in [3.63, 3.8) is 0 Å². The molecule has 0 saturated carbocycles. The summed E-state index contributed by atoms with van der Waals surface area (Å²) in [7, 11) is 2.11. The molecule has 1 aliphatic heterocycles. The summed E-state index contributed by atoms with van der Waals surface area (Å²) in [5.41, 5.74) is 8.02. The van der Waals surface area contributed by atoms with Crippen LogP contribution in [0.3, 0.4) is 0 Å². The summed E-state index contributed by atoms with van der Waals surface area (Å²) in [5.74, 6) is 0.470. The normalized spacial score (nSPS) is 19.3. The van der Waals surface area contributed by atoms with E-state index in [0.29, 0.717) is 5.92 Å². The molecule has 120 valence electrons. The number of benzene rings is 1. The van der Waals surface area contributed by atoms with Crippen molar-refractivity contribution < 1.29 is 4.79 Å². The van der Waals surface area contributed by atoms with Crippen LogP contribution < -0.4 is 11.1 Å². The topological polar surface area (TPSA) is 58.4 Å². The molecule has 1 amide bonds. The summed E-state index contributed by atoms with van der Waals surface area (Å²) in [5, 5.41) is 2.97. The fourth-order valence-corrected chi connectivity index (χ4v) is 2.47. The van der Waals surface area contributed by atoms with Crippen LogP contribution in [-0.2, 0) is 4.79 Å². The second-order valence-corrected chi connectivity index (χ2v) is 5.55. The van der Waals surface area contributed by atoms with Crippen molar-refractivity contribution in [2.45, 2.75) is 19.4 Å². The van der Waals surface area contributed by atoms with Gasteiger partial charge < -0.3 is 16.0 Å². The lowest BCUT2D eigenvalue weighted by molar-refractivity contribution is -0.122. The van der Waals surface area contributed by atoms with E-state index in [0.717, 1.165) is 31.6 Å². The molecule has 6 heteroatoms. The Morgan fingerprint density at radius 1 is 1.38 bits per heavy atom. The van der Waals surface area contributed by atoms with Crippen LogP contribution in [0.5, 0.6) is 0 Å². The van der Waals surface area contributed by atoms with E-state index in [2.05, 4.69) is 17.3 Å². The van der Waals surface area contributed by atoms with Crippen molar-refractivity contribution >= 4 is 30.7 Å². The maximum atomic E-state index is 12.0. The number of aryl methyl sites for hydroxylation is 1. The highest BCUT2D eigenvalue weighted by Gasteiger charge is 2.21. The average molecular weight is 334 g/mol. The number of hydrogen-bond acceptors (Lipinski definition) is 3. The Labute approximate surface area is 139 Å². The first-order valence-corrected chi connectivity index (χ1v) is 6.84. The van der Waals surface area contributed by atoms with Gasteiger partial charge in [-0.05, 0) is 38.4 Å². The number of carbonyl (C=O) groups excluding carboxylic acids is 1. The number of halogens is 2. The zero-order valence-electron chi connectivity index (χ0n) is 12.5. The second kappa shape index (κ2) is 9.26. The smallest absolute Gasteiger partial charge is 0.241 e. The minimum absolute atomic E-state index is 0. The SMILES string of the molecule is Cc1ccc(C(N)C(=O)NCC2CCN(C)C2)cc1.Cl.Cl. The van der Waals surface area contributed by atoms with Gasteiger partial charge in [0.25, 0.3) is 0 Å². The number of likely N-dealkylation sites (tertiary alicyclic amines) is 1.